The first-order chi connectivity index (χ1) is 20.1. The highest BCUT2D eigenvalue weighted by Crippen LogP contribution is 2.43. The summed E-state index contributed by atoms with van der Waals surface area (Å²) in [7, 11) is 0. The third kappa shape index (κ3) is 6.27. The Labute approximate surface area is 238 Å². The minimum atomic E-state index is -1.01. The van der Waals surface area contributed by atoms with Crippen molar-refractivity contribution >= 4 is 35.9 Å². The molecule has 0 bridgehead atoms. The molecule has 14 heteroatoms. The van der Waals surface area contributed by atoms with E-state index in [0.29, 0.717) is 53.9 Å². The second-order valence-electron chi connectivity index (χ2n) is 10.4. The number of aromatic nitrogens is 5. The molecule has 222 valence electrons. The van der Waals surface area contributed by atoms with E-state index in [9.17, 15) is 9.59 Å². The number of hydrogen-bond acceptors (Lipinski definition) is 13. The van der Waals surface area contributed by atoms with Crippen LogP contribution in [0.4, 0.5) is 11.8 Å². The number of carbonyl (C=O) groups excluding carboxylic acids is 2. The molecule has 5 heterocycles. The summed E-state index contributed by atoms with van der Waals surface area (Å²) in [6.07, 6.45) is 3.31. The molecule has 3 aromatic heterocycles. The van der Waals surface area contributed by atoms with Gasteiger partial charge in [-0.3, -0.25) is 14.2 Å². The fraction of sp³-hybridized carbons (Fsp3) is 0.630. The number of hydrogen-bond donors (Lipinski definition) is 2. The van der Waals surface area contributed by atoms with Gasteiger partial charge in [0.1, 0.15) is 0 Å². The van der Waals surface area contributed by atoms with Crippen molar-refractivity contribution in [1.29, 1.82) is 0 Å². The molecule has 3 aromatic rings. The lowest BCUT2D eigenvalue weighted by Crippen LogP contribution is -2.34. The fourth-order valence-corrected chi connectivity index (χ4v) is 5.51. The molecule has 0 spiro atoms. The van der Waals surface area contributed by atoms with Crippen LogP contribution >= 0.6 is 0 Å². The number of carbonyl (C=O) groups is 2. The number of likely N-dealkylation sites (tertiary alicyclic amines) is 1. The van der Waals surface area contributed by atoms with E-state index >= 15 is 0 Å². The largest absolute Gasteiger partial charge is 0.457 e. The minimum Gasteiger partial charge on any atom is -0.457 e. The van der Waals surface area contributed by atoms with E-state index in [1.807, 2.05) is 0 Å². The van der Waals surface area contributed by atoms with Crippen LogP contribution in [0.3, 0.4) is 0 Å². The fourth-order valence-electron chi connectivity index (χ4n) is 5.51. The van der Waals surface area contributed by atoms with E-state index in [-0.39, 0.29) is 6.04 Å². The SMILES string of the molecule is CCC(CC)Nc1nc(NCCN2CCCCC2)nc2c1ncn2[C@@H]1O[C@H](c2cc(C)no2)[C@H](OC=O)[C@H]1OC=O. The van der Waals surface area contributed by atoms with Crippen LogP contribution in [-0.2, 0) is 23.8 Å². The Hall–Kier alpha value is -3.78. The van der Waals surface area contributed by atoms with Gasteiger partial charge in [-0.15, -0.1) is 0 Å². The molecule has 0 radical (unpaired) electrons. The number of aryl methyl sites for hydroxylation is 1. The molecule has 41 heavy (non-hydrogen) atoms. The van der Waals surface area contributed by atoms with Gasteiger partial charge in [-0.05, 0) is 45.7 Å². The van der Waals surface area contributed by atoms with Crippen molar-refractivity contribution in [2.24, 2.45) is 0 Å². The van der Waals surface area contributed by atoms with Gasteiger partial charge in [0, 0.05) is 25.2 Å². The molecule has 0 aliphatic carbocycles. The first kappa shape index (κ1) is 28.7. The molecule has 14 nitrogen and oxygen atoms in total. The lowest BCUT2D eigenvalue weighted by atomic mass is 10.1. The molecule has 0 unspecified atom stereocenters. The van der Waals surface area contributed by atoms with Gasteiger partial charge in [0.05, 0.1) is 12.0 Å². The average molecular weight is 571 g/mol. The van der Waals surface area contributed by atoms with Crippen LogP contribution in [0.2, 0.25) is 0 Å². The Morgan fingerprint density at radius 1 is 1.10 bits per heavy atom. The third-order valence-corrected chi connectivity index (χ3v) is 7.72. The Bertz CT molecular complexity index is 1300. The number of fused-ring (bicyclic) bond motifs is 1. The lowest BCUT2D eigenvalue weighted by Gasteiger charge is -2.26. The number of nitrogens with zero attached hydrogens (tertiary/aromatic N) is 6. The number of piperidine rings is 1. The molecular formula is C27H38N8O6. The molecule has 2 N–H and O–H groups in total. The van der Waals surface area contributed by atoms with Gasteiger partial charge in [0.2, 0.25) is 5.95 Å². The van der Waals surface area contributed by atoms with Crippen LogP contribution in [0.15, 0.2) is 16.9 Å². The maximum atomic E-state index is 11.5. The highest BCUT2D eigenvalue weighted by Gasteiger charge is 2.51. The summed E-state index contributed by atoms with van der Waals surface area (Å²) in [5.74, 6) is 1.38. The Morgan fingerprint density at radius 3 is 2.54 bits per heavy atom. The molecule has 2 saturated heterocycles. The van der Waals surface area contributed by atoms with Crippen LogP contribution < -0.4 is 10.6 Å². The van der Waals surface area contributed by atoms with E-state index in [1.165, 1.54) is 19.3 Å². The molecule has 2 aliphatic heterocycles. The van der Waals surface area contributed by atoms with Gasteiger partial charge in [-0.1, -0.05) is 25.4 Å². The maximum absolute atomic E-state index is 11.5. The summed E-state index contributed by atoms with van der Waals surface area (Å²) in [5.41, 5.74) is 1.64. The van der Waals surface area contributed by atoms with E-state index in [0.717, 1.165) is 32.5 Å². The monoisotopic (exact) mass is 570 g/mol. The zero-order valence-electron chi connectivity index (χ0n) is 23.7. The highest BCUT2D eigenvalue weighted by molar-refractivity contribution is 5.84. The summed E-state index contributed by atoms with van der Waals surface area (Å²) >= 11 is 0. The molecular weight excluding hydrogens is 532 g/mol. The molecule has 5 rings (SSSR count). The van der Waals surface area contributed by atoms with E-state index < -0.39 is 24.5 Å². The predicted octanol–water partition coefficient (Wildman–Crippen LogP) is 2.97. The zero-order chi connectivity index (χ0) is 28.8. The normalized spacial score (nSPS) is 23.1. The van der Waals surface area contributed by atoms with Gasteiger partial charge >= 0.3 is 0 Å². The zero-order valence-corrected chi connectivity index (χ0v) is 23.7. The van der Waals surface area contributed by atoms with Gasteiger partial charge in [-0.25, -0.2) is 4.98 Å². The standard InChI is InChI=1S/C27H38N8O6/c1-4-18(5-2)30-24-20-25(32-27(31-24)28-9-12-34-10-7-6-8-11-34)35(14-29-20)26-23(39-16-37)22(38-15-36)21(40-26)19-13-17(3)33-41-19/h13-16,18,21-23,26H,4-12H2,1-3H3,(H2,28,30,31,32)/t21-,22+,23-,26-/m1/s1. The van der Waals surface area contributed by atoms with Gasteiger partial charge in [0.25, 0.3) is 12.9 Å². The minimum absolute atomic E-state index is 0.192. The number of anilines is 2. The van der Waals surface area contributed by atoms with Crippen LogP contribution in [0.5, 0.6) is 0 Å². The van der Waals surface area contributed by atoms with Crippen molar-refractivity contribution in [3.8, 4) is 0 Å². The lowest BCUT2D eigenvalue weighted by molar-refractivity contribution is -0.151. The molecule has 0 saturated carbocycles. The maximum Gasteiger partial charge on any atom is 0.293 e. The van der Waals surface area contributed by atoms with Crippen LogP contribution in [0.1, 0.15) is 69.7 Å². The van der Waals surface area contributed by atoms with Crippen molar-refractivity contribution in [2.75, 3.05) is 36.8 Å². The molecule has 4 atom stereocenters. The van der Waals surface area contributed by atoms with E-state index in [2.05, 4.69) is 39.5 Å². The Morgan fingerprint density at radius 2 is 1.85 bits per heavy atom. The summed E-state index contributed by atoms with van der Waals surface area (Å²) < 4.78 is 24.2. The topological polar surface area (TPSA) is 159 Å². The van der Waals surface area contributed by atoms with Crippen molar-refractivity contribution in [3.63, 3.8) is 0 Å². The second kappa shape index (κ2) is 13.3. The summed E-state index contributed by atoms with van der Waals surface area (Å²) in [5, 5.41) is 10.8. The van der Waals surface area contributed by atoms with E-state index in [1.54, 1.807) is 23.9 Å². The molecule has 2 aliphatic rings. The smallest absolute Gasteiger partial charge is 0.293 e. The Balaban J connectivity index is 1.49. The number of imidazole rings is 1. The molecule has 0 amide bonds. The van der Waals surface area contributed by atoms with Gasteiger partial charge < -0.3 is 34.3 Å². The molecule has 2 fully saturated rings. The van der Waals surface area contributed by atoms with Crippen molar-refractivity contribution in [2.45, 2.75) is 83.5 Å². The first-order valence-corrected chi connectivity index (χ1v) is 14.3. The number of ether oxygens (including phenoxy) is 3. The summed E-state index contributed by atoms with van der Waals surface area (Å²) in [4.78, 5) is 39.6. The number of rotatable bonds is 14. The second-order valence-corrected chi connectivity index (χ2v) is 10.4. The summed E-state index contributed by atoms with van der Waals surface area (Å²) in [6.45, 7) is 10.4. The van der Waals surface area contributed by atoms with Crippen LogP contribution in [-0.4, -0.2) is 86.9 Å². The van der Waals surface area contributed by atoms with Crippen LogP contribution in [0, 0.1) is 6.92 Å². The van der Waals surface area contributed by atoms with E-state index in [4.69, 9.17) is 28.7 Å². The number of nitrogens with one attached hydrogen (secondary N) is 2. The summed E-state index contributed by atoms with van der Waals surface area (Å²) in [6, 6.07) is 1.88. The van der Waals surface area contributed by atoms with Gasteiger partial charge in [0.15, 0.2) is 47.3 Å². The van der Waals surface area contributed by atoms with Crippen molar-refractivity contribution in [1.82, 2.24) is 29.6 Å². The quantitative estimate of drug-likeness (QED) is 0.273. The molecule has 0 aromatic carbocycles. The van der Waals surface area contributed by atoms with Gasteiger partial charge in [-0.2, -0.15) is 9.97 Å². The third-order valence-electron chi connectivity index (χ3n) is 7.72. The first-order valence-electron chi connectivity index (χ1n) is 14.3. The van der Waals surface area contributed by atoms with Crippen molar-refractivity contribution < 1.29 is 28.3 Å². The highest BCUT2D eigenvalue weighted by atomic mass is 16.6. The average Bonchev–Trinajstić information content (AvgIpc) is 3.70. The van der Waals surface area contributed by atoms with Crippen molar-refractivity contribution in [3.05, 3.63) is 23.8 Å². The Kier molecular flexibility index (Phi) is 9.29. The van der Waals surface area contributed by atoms with Crippen LogP contribution in [0.25, 0.3) is 11.2 Å². The predicted molar refractivity (Wildman–Crippen MR) is 148 cm³/mol.